The third-order valence-corrected chi connectivity index (χ3v) is 4.49. The van der Waals surface area contributed by atoms with Crippen LogP contribution in [0.4, 0.5) is 5.69 Å². The van der Waals surface area contributed by atoms with Gasteiger partial charge in [0.05, 0.1) is 11.3 Å². The maximum atomic E-state index is 12.1. The maximum Gasteiger partial charge on any atom is 0.234 e. The van der Waals surface area contributed by atoms with E-state index in [1.165, 1.54) is 11.8 Å². The Morgan fingerprint density at radius 3 is 2.67 bits per heavy atom. The number of hydrogen-bond donors (Lipinski definition) is 1. The Morgan fingerprint density at radius 2 is 2.00 bits per heavy atom. The Balaban J connectivity index is 1.98. The number of anilines is 1. The highest BCUT2D eigenvalue weighted by Crippen LogP contribution is 2.21. The molecule has 2 aromatic rings. The first-order chi connectivity index (χ1) is 11.6. The van der Waals surface area contributed by atoms with E-state index in [4.69, 9.17) is 0 Å². The molecule has 124 valence electrons. The fraction of sp³-hybridized carbons (Fsp3) is 0.316. The molecular formula is C19H21N3OS. The number of nitrogens with one attached hydrogen (secondary N) is 1. The van der Waals surface area contributed by atoms with Crippen LogP contribution in [-0.2, 0) is 11.2 Å². The van der Waals surface area contributed by atoms with Crippen LogP contribution in [0.2, 0.25) is 0 Å². The van der Waals surface area contributed by atoms with Crippen molar-refractivity contribution in [3.8, 4) is 6.07 Å². The van der Waals surface area contributed by atoms with Gasteiger partial charge in [0.2, 0.25) is 5.91 Å². The van der Waals surface area contributed by atoms with E-state index in [9.17, 15) is 10.1 Å². The number of carbonyl (C=O) groups excluding carboxylic acids is 1. The number of nitrogens with zero attached hydrogens (tertiary/aromatic N) is 2. The van der Waals surface area contributed by atoms with E-state index in [2.05, 4.69) is 23.3 Å². The molecule has 0 radical (unpaired) electrons. The lowest BCUT2D eigenvalue weighted by atomic mass is 10.2. The summed E-state index contributed by atoms with van der Waals surface area (Å²) in [7, 11) is 0. The molecule has 0 aliphatic rings. The number of unbranched alkanes of at least 4 members (excludes halogenated alkanes) is 1. The quantitative estimate of drug-likeness (QED) is 0.762. The van der Waals surface area contributed by atoms with Gasteiger partial charge in [-0.25, -0.2) is 4.98 Å². The Bertz CT molecular complexity index is 735. The van der Waals surface area contributed by atoms with E-state index >= 15 is 0 Å². The van der Waals surface area contributed by atoms with E-state index in [0.29, 0.717) is 10.6 Å². The minimum absolute atomic E-state index is 0.103. The van der Waals surface area contributed by atoms with Crippen molar-refractivity contribution in [1.82, 2.24) is 4.98 Å². The first-order valence-electron chi connectivity index (χ1n) is 8.01. The molecule has 0 aliphatic carbocycles. The van der Waals surface area contributed by atoms with Crippen molar-refractivity contribution in [2.45, 2.75) is 38.1 Å². The summed E-state index contributed by atoms with van der Waals surface area (Å²) in [6.07, 6.45) is 3.06. The molecule has 0 unspecified atom stereocenters. The minimum atomic E-state index is -0.103. The number of carbonyl (C=O) groups is 1. The predicted molar refractivity (Wildman–Crippen MR) is 98.1 cm³/mol. The van der Waals surface area contributed by atoms with Gasteiger partial charge in [0.25, 0.3) is 0 Å². The molecule has 0 aliphatic heterocycles. The highest BCUT2D eigenvalue weighted by molar-refractivity contribution is 8.00. The number of aryl methyl sites for hydroxylation is 2. The lowest BCUT2D eigenvalue weighted by Crippen LogP contribution is -2.14. The van der Waals surface area contributed by atoms with Crippen LogP contribution in [0, 0.1) is 18.3 Å². The molecule has 0 bridgehead atoms. The molecular weight excluding hydrogens is 318 g/mol. The average molecular weight is 339 g/mol. The fourth-order valence-electron chi connectivity index (χ4n) is 2.14. The van der Waals surface area contributed by atoms with Gasteiger partial charge in [0, 0.05) is 11.4 Å². The van der Waals surface area contributed by atoms with Crippen LogP contribution in [0.5, 0.6) is 0 Å². The van der Waals surface area contributed by atoms with Gasteiger partial charge in [-0.3, -0.25) is 4.79 Å². The van der Waals surface area contributed by atoms with Crippen LogP contribution in [0.15, 0.2) is 41.4 Å². The Kier molecular flexibility index (Phi) is 6.83. The van der Waals surface area contributed by atoms with Crippen LogP contribution < -0.4 is 5.32 Å². The van der Waals surface area contributed by atoms with Crippen LogP contribution in [0.25, 0.3) is 0 Å². The smallest absolute Gasteiger partial charge is 0.234 e. The Labute approximate surface area is 147 Å². The predicted octanol–water partition coefficient (Wildman–Crippen LogP) is 4.34. The standard InChI is InChI=1S/C19H21N3OS/c1-3-4-5-16-11-8-15(12-20)19(22-16)24-13-18(23)21-17-9-6-14(2)7-10-17/h6-11H,3-5,13H2,1-2H3,(H,21,23). The van der Waals surface area contributed by atoms with Gasteiger partial charge < -0.3 is 5.32 Å². The fourth-order valence-corrected chi connectivity index (χ4v) is 2.93. The largest absolute Gasteiger partial charge is 0.325 e. The molecule has 0 atom stereocenters. The van der Waals surface area contributed by atoms with Gasteiger partial charge in [0.15, 0.2) is 0 Å². The lowest BCUT2D eigenvalue weighted by molar-refractivity contribution is -0.113. The second kappa shape index (κ2) is 9.09. The third-order valence-electron chi connectivity index (χ3n) is 3.50. The van der Waals surface area contributed by atoms with Crippen molar-refractivity contribution in [3.63, 3.8) is 0 Å². The van der Waals surface area contributed by atoms with Crippen molar-refractivity contribution >= 4 is 23.4 Å². The number of pyridine rings is 1. The number of benzene rings is 1. The van der Waals surface area contributed by atoms with E-state index in [0.717, 1.165) is 36.2 Å². The van der Waals surface area contributed by atoms with E-state index in [1.807, 2.05) is 37.3 Å². The molecule has 1 aromatic carbocycles. The van der Waals surface area contributed by atoms with Gasteiger partial charge in [-0.2, -0.15) is 5.26 Å². The second-order valence-corrected chi connectivity index (χ2v) is 6.54. The molecule has 0 spiro atoms. The zero-order valence-corrected chi connectivity index (χ0v) is 14.8. The maximum absolute atomic E-state index is 12.1. The van der Waals surface area contributed by atoms with Crippen molar-refractivity contribution in [2.75, 3.05) is 11.1 Å². The lowest BCUT2D eigenvalue weighted by Gasteiger charge is -2.07. The van der Waals surface area contributed by atoms with E-state index in [1.54, 1.807) is 6.07 Å². The highest BCUT2D eigenvalue weighted by atomic mass is 32.2. The van der Waals surface area contributed by atoms with Gasteiger partial charge >= 0.3 is 0 Å². The summed E-state index contributed by atoms with van der Waals surface area (Å²) in [6.45, 7) is 4.14. The second-order valence-electron chi connectivity index (χ2n) is 5.57. The summed E-state index contributed by atoms with van der Waals surface area (Å²) in [5.74, 6) is 0.126. The van der Waals surface area contributed by atoms with Crippen molar-refractivity contribution < 1.29 is 4.79 Å². The van der Waals surface area contributed by atoms with E-state index in [-0.39, 0.29) is 11.7 Å². The molecule has 2 rings (SSSR count). The molecule has 5 heteroatoms. The number of amides is 1. The monoisotopic (exact) mass is 339 g/mol. The summed E-state index contributed by atoms with van der Waals surface area (Å²) in [4.78, 5) is 16.6. The number of thioether (sulfide) groups is 1. The zero-order valence-electron chi connectivity index (χ0n) is 14.0. The van der Waals surface area contributed by atoms with Crippen LogP contribution in [0.3, 0.4) is 0 Å². The number of nitriles is 1. The normalized spacial score (nSPS) is 10.2. The molecule has 0 fully saturated rings. The zero-order chi connectivity index (χ0) is 17.4. The van der Waals surface area contributed by atoms with Crippen molar-refractivity contribution in [3.05, 3.63) is 53.2 Å². The Hall–Kier alpha value is -2.32. The summed E-state index contributed by atoms with van der Waals surface area (Å²) in [5.41, 5.74) is 3.41. The molecule has 1 aromatic heterocycles. The summed E-state index contributed by atoms with van der Waals surface area (Å²) in [6, 6.07) is 13.5. The average Bonchev–Trinajstić information content (AvgIpc) is 2.60. The van der Waals surface area contributed by atoms with Crippen LogP contribution >= 0.6 is 11.8 Å². The van der Waals surface area contributed by atoms with Gasteiger partial charge in [-0.05, 0) is 44.0 Å². The first kappa shape index (κ1) is 18.0. The summed E-state index contributed by atoms with van der Waals surface area (Å²) in [5, 5.41) is 12.7. The molecule has 1 N–H and O–H groups in total. The van der Waals surface area contributed by atoms with Crippen molar-refractivity contribution in [1.29, 1.82) is 5.26 Å². The molecule has 24 heavy (non-hydrogen) atoms. The topological polar surface area (TPSA) is 65.8 Å². The van der Waals surface area contributed by atoms with Gasteiger partial charge in [-0.15, -0.1) is 0 Å². The summed E-state index contributed by atoms with van der Waals surface area (Å²) >= 11 is 1.30. The molecule has 0 saturated heterocycles. The van der Waals surface area contributed by atoms with Gasteiger partial charge in [-0.1, -0.05) is 42.8 Å². The van der Waals surface area contributed by atoms with Crippen LogP contribution in [0.1, 0.15) is 36.6 Å². The molecule has 0 saturated carbocycles. The van der Waals surface area contributed by atoms with Crippen LogP contribution in [-0.4, -0.2) is 16.6 Å². The number of rotatable bonds is 7. The molecule has 4 nitrogen and oxygen atoms in total. The van der Waals surface area contributed by atoms with E-state index < -0.39 is 0 Å². The highest BCUT2D eigenvalue weighted by Gasteiger charge is 2.10. The van der Waals surface area contributed by atoms with Crippen molar-refractivity contribution in [2.24, 2.45) is 0 Å². The SMILES string of the molecule is CCCCc1ccc(C#N)c(SCC(=O)Nc2ccc(C)cc2)n1. The number of aromatic nitrogens is 1. The first-order valence-corrected chi connectivity index (χ1v) is 9.00. The Morgan fingerprint density at radius 1 is 1.25 bits per heavy atom. The minimum Gasteiger partial charge on any atom is -0.325 e. The summed E-state index contributed by atoms with van der Waals surface area (Å²) < 4.78 is 0. The molecule has 1 amide bonds. The third kappa shape index (κ3) is 5.39. The molecule has 1 heterocycles. The van der Waals surface area contributed by atoms with Gasteiger partial charge in [0.1, 0.15) is 11.1 Å². The number of hydrogen-bond acceptors (Lipinski definition) is 4.